The maximum atomic E-state index is 11.4. The van der Waals surface area contributed by atoms with E-state index in [4.69, 9.17) is 0 Å². The lowest BCUT2D eigenvalue weighted by molar-refractivity contribution is -0.121. The first-order chi connectivity index (χ1) is 5.84. The topological polar surface area (TPSA) is 29.1 Å². The number of hydrogen-bond donors (Lipinski definition) is 1. The fraction of sp³-hybridized carbons (Fsp3) is 0.700. The van der Waals surface area contributed by atoms with Gasteiger partial charge >= 0.3 is 0 Å². The minimum atomic E-state index is 0.138. The molecule has 1 unspecified atom stereocenters. The van der Waals surface area contributed by atoms with Crippen LogP contribution < -0.4 is 5.32 Å². The highest BCUT2D eigenvalue weighted by atomic mass is 16.1. The molecule has 0 radical (unpaired) electrons. The van der Waals surface area contributed by atoms with Crippen LogP contribution in [0, 0.1) is 0 Å². The Labute approximate surface area is 74.0 Å². The SMILES string of the molecule is C=CCCC(=O)C1CCCCN1. The summed E-state index contributed by atoms with van der Waals surface area (Å²) in [4.78, 5) is 11.4. The molecule has 0 saturated carbocycles. The number of hydrogen-bond acceptors (Lipinski definition) is 2. The molecule has 1 aliphatic heterocycles. The van der Waals surface area contributed by atoms with Crippen molar-refractivity contribution in [2.75, 3.05) is 6.54 Å². The standard InChI is InChI=1S/C10H17NO/c1-2-3-7-10(12)9-6-4-5-8-11-9/h2,9,11H,1,3-8H2. The Balaban J connectivity index is 2.24. The second kappa shape index (κ2) is 5.09. The highest BCUT2D eigenvalue weighted by Gasteiger charge is 2.18. The van der Waals surface area contributed by atoms with Crippen molar-refractivity contribution in [3.63, 3.8) is 0 Å². The van der Waals surface area contributed by atoms with Crippen LogP contribution in [0.5, 0.6) is 0 Å². The van der Waals surface area contributed by atoms with Crippen molar-refractivity contribution in [3.8, 4) is 0 Å². The summed E-state index contributed by atoms with van der Waals surface area (Å²) >= 11 is 0. The molecule has 0 spiro atoms. The van der Waals surface area contributed by atoms with Gasteiger partial charge in [-0.05, 0) is 25.8 Å². The minimum Gasteiger partial charge on any atom is -0.307 e. The number of allylic oxidation sites excluding steroid dienone is 1. The van der Waals surface area contributed by atoms with Crippen LogP contribution in [0.3, 0.4) is 0 Å². The number of carbonyl (C=O) groups is 1. The minimum absolute atomic E-state index is 0.138. The van der Waals surface area contributed by atoms with E-state index < -0.39 is 0 Å². The molecule has 0 amide bonds. The lowest BCUT2D eigenvalue weighted by Gasteiger charge is -2.21. The Morgan fingerprint density at radius 2 is 2.42 bits per heavy atom. The predicted molar refractivity (Wildman–Crippen MR) is 50.1 cm³/mol. The van der Waals surface area contributed by atoms with E-state index in [1.807, 2.05) is 0 Å². The molecule has 1 saturated heterocycles. The number of piperidine rings is 1. The molecule has 1 aliphatic rings. The maximum Gasteiger partial charge on any atom is 0.150 e. The highest BCUT2D eigenvalue weighted by molar-refractivity contribution is 5.84. The average Bonchev–Trinajstić information content (AvgIpc) is 2.15. The van der Waals surface area contributed by atoms with Crippen molar-refractivity contribution in [1.82, 2.24) is 5.32 Å². The van der Waals surface area contributed by atoms with Crippen LogP contribution in [-0.2, 0) is 4.79 Å². The zero-order valence-corrected chi connectivity index (χ0v) is 7.51. The van der Waals surface area contributed by atoms with Gasteiger partial charge in [0.1, 0.15) is 5.78 Å². The van der Waals surface area contributed by atoms with Crippen LogP contribution in [0.1, 0.15) is 32.1 Å². The Kier molecular flexibility index (Phi) is 4.01. The van der Waals surface area contributed by atoms with E-state index in [9.17, 15) is 4.79 Å². The summed E-state index contributed by atoms with van der Waals surface area (Å²) in [6, 6.07) is 0.138. The van der Waals surface area contributed by atoms with Crippen molar-refractivity contribution < 1.29 is 4.79 Å². The third-order valence-electron chi connectivity index (χ3n) is 2.29. The third kappa shape index (κ3) is 2.78. The number of ketones is 1. The van der Waals surface area contributed by atoms with Gasteiger partial charge in [0.15, 0.2) is 0 Å². The van der Waals surface area contributed by atoms with E-state index in [1.54, 1.807) is 6.08 Å². The number of carbonyl (C=O) groups excluding carboxylic acids is 1. The molecular formula is C10H17NO. The Bertz CT molecular complexity index is 159. The number of Topliss-reactive ketones (excluding diaryl/α,β-unsaturated/α-hetero) is 1. The van der Waals surface area contributed by atoms with Gasteiger partial charge in [-0.2, -0.15) is 0 Å². The van der Waals surface area contributed by atoms with Gasteiger partial charge in [-0.25, -0.2) is 0 Å². The molecule has 0 aliphatic carbocycles. The van der Waals surface area contributed by atoms with E-state index in [2.05, 4.69) is 11.9 Å². The molecule has 2 heteroatoms. The van der Waals surface area contributed by atoms with Crippen molar-refractivity contribution in [2.45, 2.75) is 38.1 Å². The van der Waals surface area contributed by atoms with Crippen LogP contribution in [0.4, 0.5) is 0 Å². The molecular weight excluding hydrogens is 150 g/mol. The first-order valence-corrected chi connectivity index (χ1v) is 4.71. The van der Waals surface area contributed by atoms with Crippen LogP contribution in [-0.4, -0.2) is 18.4 Å². The van der Waals surface area contributed by atoms with E-state index in [0.29, 0.717) is 12.2 Å². The normalized spacial score (nSPS) is 23.5. The predicted octanol–water partition coefficient (Wildman–Crippen LogP) is 1.66. The quantitative estimate of drug-likeness (QED) is 0.645. The summed E-state index contributed by atoms with van der Waals surface area (Å²) in [5, 5.41) is 3.24. The van der Waals surface area contributed by atoms with Crippen molar-refractivity contribution in [1.29, 1.82) is 0 Å². The molecule has 0 bridgehead atoms. The molecule has 1 heterocycles. The number of nitrogens with one attached hydrogen (secondary N) is 1. The number of rotatable bonds is 4. The van der Waals surface area contributed by atoms with E-state index in [-0.39, 0.29) is 6.04 Å². The van der Waals surface area contributed by atoms with Gasteiger partial charge in [0.25, 0.3) is 0 Å². The molecule has 2 nitrogen and oxygen atoms in total. The fourth-order valence-corrected chi connectivity index (χ4v) is 1.55. The van der Waals surface area contributed by atoms with Gasteiger partial charge in [-0.1, -0.05) is 12.5 Å². The maximum absolute atomic E-state index is 11.4. The molecule has 1 rings (SSSR count). The highest BCUT2D eigenvalue weighted by Crippen LogP contribution is 2.09. The van der Waals surface area contributed by atoms with Gasteiger partial charge in [-0.3, -0.25) is 4.79 Å². The van der Waals surface area contributed by atoms with Gasteiger partial charge in [0.2, 0.25) is 0 Å². The van der Waals surface area contributed by atoms with Crippen LogP contribution in [0.15, 0.2) is 12.7 Å². The Hall–Kier alpha value is -0.630. The van der Waals surface area contributed by atoms with Gasteiger partial charge in [-0.15, -0.1) is 6.58 Å². The molecule has 68 valence electrons. The monoisotopic (exact) mass is 167 g/mol. The second-order valence-electron chi connectivity index (χ2n) is 3.30. The second-order valence-corrected chi connectivity index (χ2v) is 3.30. The first-order valence-electron chi connectivity index (χ1n) is 4.71. The van der Waals surface area contributed by atoms with E-state index in [0.717, 1.165) is 19.4 Å². The third-order valence-corrected chi connectivity index (χ3v) is 2.29. The zero-order valence-electron chi connectivity index (χ0n) is 7.51. The lowest BCUT2D eigenvalue weighted by Crippen LogP contribution is -2.40. The lowest BCUT2D eigenvalue weighted by atomic mass is 9.98. The Morgan fingerprint density at radius 3 is 3.00 bits per heavy atom. The summed E-state index contributed by atoms with van der Waals surface area (Å²) in [6.45, 7) is 4.61. The van der Waals surface area contributed by atoms with Gasteiger partial charge in [0.05, 0.1) is 6.04 Å². The molecule has 0 aromatic rings. The summed E-state index contributed by atoms with van der Waals surface area (Å²) in [5.41, 5.74) is 0. The van der Waals surface area contributed by atoms with Gasteiger partial charge in [0, 0.05) is 6.42 Å². The Morgan fingerprint density at radius 1 is 1.58 bits per heavy atom. The summed E-state index contributed by atoms with van der Waals surface area (Å²) in [6.07, 6.45) is 6.71. The zero-order chi connectivity index (χ0) is 8.81. The molecule has 12 heavy (non-hydrogen) atoms. The molecule has 1 atom stereocenters. The molecule has 1 fully saturated rings. The largest absolute Gasteiger partial charge is 0.307 e. The summed E-state index contributed by atoms with van der Waals surface area (Å²) < 4.78 is 0. The van der Waals surface area contributed by atoms with Crippen molar-refractivity contribution >= 4 is 5.78 Å². The molecule has 0 aromatic heterocycles. The molecule has 0 aromatic carbocycles. The smallest absolute Gasteiger partial charge is 0.150 e. The molecule has 1 N–H and O–H groups in total. The van der Waals surface area contributed by atoms with E-state index in [1.165, 1.54) is 12.8 Å². The van der Waals surface area contributed by atoms with E-state index >= 15 is 0 Å². The summed E-state index contributed by atoms with van der Waals surface area (Å²) in [5.74, 6) is 0.356. The average molecular weight is 167 g/mol. The first kappa shape index (κ1) is 9.46. The van der Waals surface area contributed by atoms with Crippen LogP contribution in [0.2, 0.25) is 0 Å². The summed E-state index contributed by atoms with van der Waals surface area (Å²) in [7, 11) is 0. The van der Waals surface area contributed by atoms with Gasteiger partial charge < -0.3 is 5.32 Å². The van der Waals surface area contributed by atoms with Crippen LogP contribution >= 0.6 is 0 Å². The van der Waals surface area contributed by atoms with Crippen molar-refractivity contribution in [3.05, 3.63) is 12.7 Å². The fourth-order valence-electron chi connectivity index (χ4n) is 1.55. The van der Waals surface area contributed by atoms with Crippen LogP contribution in [0.25, 0.3) is 0 Å². The van der Waals surface area contributed by atoms with Crippen molar-refractivity contribution in [2.24, 2.45) is 0 Å².